The smallest absolute Gasteiger partial charge is 0.225 e. The van der Waals surface area contributed by atoms with Crippen LogP contribution in [0.15, 0.2) is 0 Å². The number of hydrogen-bond acceptors (Lipinski definition) is 2. The molecule has 2 rings (SSSR count). The molecule has 1 heterocycles. The van der Waals surface area contributed by atoms with Crippen LogP contribution in [-0.2, 0) is 4.79 Å². The highest BCUT2D eigenvalue weighted by molar-refractivity contribution is 5.85. The van der Waals surface area contributed by atoms with Crippen molar-refractivity contribution in [3.05, 3.63) is 0 Å². The number of amides is 1. The van der Waals surface area contributed by atoms with Crippen LogP contribution in [-0.4, -0.2) is 29.9 Å². The Morgan fingerprint density at radius 1 is 1.22 bits per heavy atom. The second-order valence-electron chi connectivity index (χ2n) is 5.69. The summed E-state index contributed by atoms with van der Waals surface area (Å²) in [6.45, 7) is 3.84. The summed E-state index contributed by atoms with van der Waals surface area (Å²) in [6.07, 6.45) is 8.21. The Morgan fingerprint density at radius 3 is 2.44 bits per heavy atom. The quantitative estimate of drug-likeness (QED) is 0.860. The maximum atomic E-state index is 12.4. The molecule has 106 valence electrons. The van der Waals surface area contributed by atoms with Crippen LogP contribution >= 0.6 is 12.4 Å². The topological polar surface area (TPSA) is 46.3 Å². The summed E-state index contributed by atoms with van der Waals surface area (Å²) in [5.74, 6) is 1.56. The Balaban J connectivity index is 0.00000162. The number of nitrogens with two attached hydrogens (primary N) is 1. The minimum absolute atomic E-state index is 0. The van der Waals surface area contributed by atoms with Crippen molar-refractivity contribution in [1.82, 2.24) is 4.90 Å². The summed E-state index contributed by atoms with van der Waals surface area (Å²) in [4.78, 5) is 14.5. The number of nitrogens with zero attached hydrogens (tertiary/aromatic N) is 1. The van der Waals surface area contributed by atoms with E-state index >= 15 is 0 Å². The summed E-state index contributed by atoms with van der Waals surface area (Å²) in [6, 6.07) is 0.325. The first-order valence-electron chi connectivity index (χ1n) is 7.26. The third kappa shape index (κ3) is 3.39. The standard InChI is InChI=1S/C14H26N2O.ClH/c1-2-11-5-7-12(8-6-11)14(17)16-9-3-4-13(16)10-15;/h11-13H,2-10,15H2,1H3;1H. The Kier molecular flexibility index (Phi) is 6.44. The average molecular weight is 275 g/mol. The van der Waals surface area contributed by atoms with Gasteiger partial charge in [-0.1, -0.05) is 13.3 Å². The van der Waals surface area contributed by atoms with Crippen molar-refractivity contribution in [2.45, 2.75) is 57.9 Å². The lowest BCUT2D eigenvalue weighted by atomic mass is 9.80. The molecule has 0 aromatic rings. The lowest BCUT2D eigenvalue weighted by Gasteiger charge is -2.32. The minimum Gasteiger partial charge on any atom is -0.338 e. The molecule has 1 saturated carbocycles. The number of rotatable bonds is 3. The highest BCUT2D eigenvalue weighted by atomic mass is 35.5. The molecular formula is C14H27ClN2O. The van der Waals surface area contributed by atoms with Crippen LogP contribution in [0.4, 0.5) is 0 Å². The highest BCUT2D eigenvalue weighted by Crippen LogP contribution is 2.33. The minimum atomic E-state index is 0. The van der Waals surface area contributed by atoms with Crippen LogP contribution in [0.5, 0.6) is 0 Å². The maximum absolute atomic E-state index is 12.4. The molecule has 2 fully saturated rings. The van der Waals surface area contributed by atoms with E-state index in [0.29, 0.717) is 24.4 Å². The second kappa shape index (κ2) is 7.34. The molecule has 1 saturated heterocycles. The fourth-order valence-corrected chi connectivity index (χ4v) is 3.42. The average Bonchev–Trinajstić information content (AvgIpc) is 2.86. The van der Waals surface area contributed by atoms with E-state index in [4.69, 9.17) is 5.73 Å². The SMILES string of the molecule is CCC1CCC(C(=O)N2CCCC2CN)CC1.Cl. The number of halogens is 1. The Labute approximate surface area is 117 Å². The molecule has 2 aliphatic rings. The van der Waals surface area contributed by atoms with Gasteiger partial charge in [0.25, 0.3) is 0 Å². The Morgan fingerprint density at radius 2 is 1.89 bits per heavy atom. The van der Waals surface area contributed by atoms with Crippen molar-refractivity contribution in [3.8, 4) is 0 Å². The molecule has 2 N–H and O–H groups in total. The summed E-state index contributed by atoms with van der Waals surface area (Å²) < 4.78 is 0. The number of hydrogen-bond donors (Lipinski definition) is 1. The fourth-order valence-electron chi connectivity index (χ4n) is 3.42. The third-order valence-electron chi connectivity index (χ3n) is 4.71. The van der Waals surface area contributed by atoms with Gasteiger partial charge in [0, 0.05) is 25.0 Å². The van der Waals surface area contributed by atoms with Gasteiger partial charge in [0.2, 0.25) is 5.91 Å². The van der Waals surface area contributed by atoms with Crippen LogP contribution in [0.3, 0.4) is 0 Å². The molecule has 4 heteroatoms. The molecule has 3 nitrogen and oxygen atoms in total. The third-order valence-corrected chi connectivity index (χ3v) is 4.71. The molecule has 1 aliphatic heterocycles. The van der Waals surface area contributed by atoms with E-state index in [-0.39, 0.29) is 12.4 Å². The Bertz CT molecular complexity index is 265. The zero-order valence-electron chi connectivity index (χ0n) is 11.4. The van der Waals surface area contributed by atoms with E-state index < -0.39 is 0 Å². The zero-order valence-corrected chi connectivity index (χ0v) is 12.3. The predicted octanol–water partition coefficient (Wildman–Crippen LogP) is 2.57. The van der Waals surface area contributed by atoms with Crippen LogP contribution in [0.2, 0.25) is 0 Å². The van der Waals surface area contributed by atoms with Gasteiger partial charge >= 0.3 is 0 Å². The molecule has 1 unspecified atom stereocenters. The zero-order chi connectivity index (χ0) is 12.3. The molecule has 1 amide bonds. The number of likely N-dealkylation sites (tertiary alicyclic amines) is 1. The van der Waals surface area contributed by atoms with Gasteiger partial charge in [-0.3, -0.25) is 4.79 Å². The van der Waals surface area contributed by atoms with E-state index in [1.54, 1.807) is 0 Å². The van der Waals surface area contributed by atoms with Crippen LogP contribution in [0.1, 0.15) is 51.9 Å². The maximum Gasteiger partial charge on any atom is 0.225 e. The molecule has 0 radical (unpaired) electrons. The van der Waals surface area contributed by atoms with Gasteiger partial charge in [-0.05, 0) is 44.4 Å². The molecule has 18 heavy (non-hydrogen) atoms. The van der Waals surface area contributed by atoms with Gasteiger partial charge < -0.3 is 10.6 Å². The normalized spacial score (nSPS) is 32.1. The summed E-state index contributed by atoms with van der Waals surface area (Å²) in [5.41, 5.74) is 5.74. The first-order valence-corrected chi connectivity index (χ1v) is 7.26. The van der Waals surface area contributed by atoms with Crippen molar-refractivity contribution in [3.63, 3.8) is 0 Å². The van der Waals surface area contributed by atoms with Crippen LogP contribution < -0.4 is 5.73 Å². The fraction of sp³-hybridized carbons (Fsp3) is 0.929. The van der Waals surface area contributed by atoms with E-state index in [9.17, 15) is 4.79 Å². The predicted molar refractivity (Wildman–Crippen MR) is 76.8 cm³/mol. The highest BCUT2D eigenvalue weighted by Gasteiger charge is 2.33. The van der Waals surface area contributed by atoms with Gasteiger partial charge in [-0.25, -0.2) is 0 Å². The van der Waals surface area contributed by atoms with E-state index in [1.165, 1.54) is 19.3 Å². The van der Waals surface area contributed by atoms with Gasteiger partial charge in [0.1, 0.15) is 0 Å². The monoisotopic (exact) mass is 274 g/mol. The van der Waals surface area contributed by atoms with Crippen molar-refractivity contribution in [2.75, 3.05) is 13.1 Å². The second-order valence-corrected chi connectivity index (χ2v) is 5.69. The van der Waals surface area contributed by atoms with Crippen LogP contribution in [0, 0.1) is 11.8 Å². The Hall–Kier alpha value is -0.280. The molecule has 0 aromatic heterocycles. The molecule has 1 atom stereocenters. The van der Waals surface area contributed by atoms with Crippen molar-refractivity contribution in [1.29, 1.82) is 0 Å². The number of carbonyl (C=O) groups excluding carboxylic acids is 1. The summed E-state index contributed by atoms with van der Waals surface area (Å²) in [7, 11) is 0. The van der Waals surface area contributed by atoms with Gasteiger partial charge in [0.05, 0.1) is 0 Å². The first-order chi connectivity index (χ1) is 8.26. The first kappa shape index (κ1) is 15.8. The van der Waals surface area contributed by atoms with Crippen molar-refractivity contribution >= 4 is 18.3 Å². The number of carbonyl (C=O) groups is 1. The lowest BCUT2D eigenvalue weighted by molar-refractivity contribution is -0.137. The molecular weight excluding hydrogens is 248 g/mol. The van der Waals surface area contributed by atoms with Crippen LogP contribution in [0.25, 0.3) is 0 Å². The van der Waals surface area contributed by atoms with E-state index in [0.717, 1.165) is 38.1 Å². The lowest BCUT2D eigenvalue weighted by Crippen LogP contribution is -2.43. The van der Waals surface area contributed by atoms with Crippen molar-refractivity contribution < 1.29 is 4.79 Å². The molecule has 0 spiro atoms. The molecule has 1 aliphatic carbocycles. The van der Waals surface area contributed by atoms with E-state index in [1.807, 2.05) is 0 Å². The van der Waals surface area contributed by atoms with E-state index in [2.05, 4.69) is 11.8 Å². The molecule has 0 aromatic carbocycles. The summed E-state index contributed by atoms with van der Waals surface area (Å²) in [5, 5.41) is 0. The summed E-state index contributed by atoms with van der Waals surface area (Å²) >= 11 is 0. The van der Waals surface area contributed by atoms with Gasteiger partial charge in [0.15, 0.2) is 0 Å². The molecule has 0 bridgehead atoms. The van der Waals surface area contributed by atoms with Gasteiger partial charge in [-0.15, -0.1) is 12.4 Å². The largest absolute Gasteiger partial charge is 0.338 e. The van der Waals surface area contributed by atoms with Gasteiger partial charge in [-0.2, -0.15) is 0 Å². The van der Waals surface area contributed by atoms with Crippen molar-refractivity contribution in [2.24, 2.45) is 17.6 Å².